The minimum absolute atomic E-state index is 0.117. The lowest BCUT2D eigenvalue weighted by molar-refractivity contribution is -0.117. The molecule has 1 rings (SSSR count). The van der Waals surface area contributed by atoms with E-state index in [4.69, 9.17) is 4.74 Å². The molecule has 0 atom stereocenters. The van der Waals surface area contributed by atoms with Crippen molar-refractivity contribution in [1.82, 2.24) is 4.90 Å². The topological polar surface area (TPSA) is 58.6 Å². The number of carbonyl (C=O) groups is 2. The van der Waals surface area contributed by atoms with Crippen LogP contribution in [0.25, 0.3) is 0 Å². The van der Waals surface area contributed by atoms with Crippen LogP contribution in [0.4, 0.5) is 5.69 Å². The molecule has 120 valence electrons. The number of aryl methyl sites for hydroxylation is 1. The Balaban J connectivity index is 2.78. The van der Waals surface area contributed by atoms with Crippen LogP contribution < -0.4 is 5.32 Å². The Hall–Kier alpha value is -2.14. The Morgan fingerprint density at radius 1 is 1.32 bits per heavy atom. The Morgan fingerprint density at radius 2 is 2.00 bits per heavy atom. The lowest BCUT2D eigenvalue weighted by Crippen LogP contribution is -2.34. The number of esters is 1. The number of nitrogens with one attached hydrogen (secondary N) is 1. The van der Waals surface area contributed by atoms with Gasteiger partial charge in [0.25, 0.3) is 0 Å². The van der Waals surface area contributed by atoms with Crippen LogP contribution >= 0.6 is 0 Å². The van der Waals surface area contributed by atoms with E-state index in [-0.39, 0.29) is 12.5 Å². The van der Waals surface area contributed by atoms with Gasteiger partial charge in [-0.2, -0.15) is 0 Å². The maximum absolute atomic E-state index is 12.2. The minimum Gasteiger partial charge on any atom is -0.465 e. The van der Waals surface area contributed by atoms with E-state index >= 15 is 0 Å². The molecule has 0 saturated carbocycles. The number of likely N-dealkylation sites (N-methyl/N-ethyl adjacent to an activating group) is 1. The number of ether oxygens (including phenoxy) is 1. The monoisotopic (exact) mass is 304 g/mol. The van der Waals surface area contributed by atoms with Gasteiger partial charge in [0.05, 0.1) is 19.2 Å². The third-order valence-electron chi connectivity index (χ3n) is 3.24. The Labute approximate surface area is 132 Å². The van der Waals surface area contributed by atoms with Gasteiger partial charge >= 0.3 is 5.97 Å². The van der Waals surface area contributed by atoms with E-state index in [0.29, 0.717) is 17.8 Å². The quantitative estimate of drug-likeness (QED) is 0.621. The molecule has 0 saturated heterocycles. The van der Waals surface area contributed by atoms with E-state index < -0.39 is 5.97 Å². The summed E-state index contributed by atoms with van der Waals surface area (Å²) in [7, 11) is 1.33. The molecule has 1 N–H and O–H groups in total. The van der Waals surface area contributed by atoms with Gasteiger partial charge in [-0.1, -0.05) is 25.1 Å². The summed E-state index contributed by atoms with van der Waals surface area (Å²) in [5.41, 5.74) is 2.94. The van der Waals surface area contributed by atoms with Crippen molar-refractivity contribution in [2.24, 2.45) is 0 Å². The van der Waals surface area contributed by atoms with Crippen molar-refractivity contribution in [3.05, 3.63) is 41.5 Å². The van der Waals surface area contributed by atoms with Crippen LogP contribution in [0.3, 0.4) is 0 Å². The molecule has 1 aromatic rings. The number of anilines is 1. The van der Waals surface area contributed by atoms with Crippen LogP contribution in [0, 0.1) is 6.92 Å². The van der Waals surface area contributed by atoms with Crippen molar-refractivity contribution in [3.63, 3.8) is 0 Å². The predicted octanol–water partition coefficient (Wildman–Crippen LogP) is 2.62. The molecule has 0 spiro atoms. The highest BCUT2D eigenvalue weighted by Crippen LogP contribution is 2.17. The predicted molar refractivity (Wildman–Crippen MR) is 88.1 cm³/mol. The molecule has 5 nitrogen and oxygen atoms in total. The molecule has 1 amide bonds. The van der Waals surface area contributed by atoms with Crippen LogP contribution in [0.15, 0.2) is 30.4 Å². The fourth-order valence-corrected chi connectivity index (χ4v) is 2.06. The second-order valence-corrected chi connectivity index (χ2v) is 5.33. The standard InChI is InChI=1S/C17H24N2O3/c1-6-19(10-12(2)3)11-16(20)18-15-9-14(17(21)22-5)8-7-13(15)4/h7-9H,2,6,10-11H2,1,3-5H3,(H,18,20). The Kier molecular flexibility index (Phi) is 6.79. The molecule has 0 aliphatic carbocycles. The summed E-state index contributed by atoms with van der Waals surface area (Å²) < 4.78 is 4.69. The summed E-state index contributed by atoms with van der Waals surface area (Å²) in [5, 5.41) is 2.85. The Morgan fingerprint density at radius 3 is 2.55 bits per heavy atom. The van der Waals surface area contributed by atoms with Crippen molar-refractivity contribution in [2.45, 2.75) is 20.8 Å². The van der Waals surface area contributed by atoms with Crippen molar-refractivity contribution in [2.75, 3.05) is 32.1 Å². The number of methoxy groups -OCH3 is 1. The van der Waals surface area contributed by atoms with E-state index in [1.165, 1.54) is 7.11 Å². The highest BCUT2D eigenvalue weighted by Gasteiger charge is 2.12. The van der Waals surface area contributed by atoms with Crippen molar-refractivity contribution in [1.29, 1.82) is 0 Å². The molecular weight excluding hydrogens is 280 g/mol. The first kappa shape index (κ1) is 17.9. The van der Waals surface area contributed by atoms with Crippen LogP contribution in [0.1, 0.15) is 29.8 Å². The molecule has 0 aromatic heterocycles. The highest BCUT2D eigenvalue weighted by atomic mass is 16.5. The van der Waals surface area contributed by atoms with E-state index in [9.17, 15) is 9.59 Å². The summed E-state index contributed by atoms with van der Waals surface area (Å²) in [4.78, 5) is 25.7. The van der Waals surface area contributed by atoms with Crippen molar-refractivity contribution in [3.8, 4) is 0 Å². The SMILES string of the molecule is C=C(C)CN(CC)CC(=O)Nc1cc(C(=O)OC)ccc1C. The summed E-state index contributed by atoms with van der Waals surface area (Å²) in [5.74, 6) is -0.541. The maximum Gasteiger partial charge on any atom is 0.337 e. The molecule has 0 heterocycles. The second kappa shape index (κ2) is 8.34. The molecule has 5 heteroatoms. The fraction of sp³-hybridized carbons (Fsp3) is 0.412. The molecule has 0 aliphatic rings. The van der Waals surface area contributed by atoms with Gasteiger partial charge < -0.3 is 10.1 Å². The number of rotatable bonds is 7. The molecule has 0 unspecified atom stereocenters. The van der Waals surface area contributed by atoms with Crippen LogP contribution in [-0.2, 0) is 9.53 Å². The molecule has 0 bridgehead atoms. The fourth-order valence-electron chi connectivity index (χ4n) is 2.06. The highest BCUT2D eigenvalue weighted by molar-refractivity contribution is 5.96. The molecule has 0 radical (unpaired) electrons. The molecule has 0 fully saturated rings. The first-order valence-corrected chi connectivity index (χ1v) is 7.23. The van der Waals surface area contributed by atoms with Crippen molar-refractivity contribution >= 4 is 17.6 Å². The molecule has 22 heavy (non-hydrogen) atoms. The third-order valence-corrected chi connectivity index (χ3v) is 3.24. The number of amides is 1. The lowest BCUT2D eigenvalue weighted by Gasteiger charge is -2.20. The number of nitrogens with zero attached hydrogens (tertiary/aromatic N) is 1. The first-order chi connectivity index (χ1) is 10.4. The number of benzene rings is 1. The van der Waals surface area contributed by atoms with E-state index in [1.807, 2.05) is 25.7 Å². The van der Waals surface area contributed by atoms with Crippen molar-refractivity contribution < 1.29 is 14.3 Å². The van der Waals surface area contributed by atoms with Crippen LogP contribution in [-0.4, -0.2) is 43.5 Å². The van der Waals surface area contributed by atoms with Gasteiger partial charge in [0.1, 0.15) is 0 Å². The zero-order valence-electron chi connectivity index (χ0n) is 13.7. The minimum atomic E-state index is -0.423. The number of hydrogen-bond donors (Lipinski definition) is 1. The molecule has 0 aliphatic heterocycles. The summed E-state index contributed by atoms with van der Waals surface area (Å²) in [6.45, 7) is 11.4. The van der Waals surface area contributed by atoms with Gasteiger partial charge in [-0.25, -0.2) is 4.79 Å². The average molecular weight is 304 g/mol. The third kappa shape index (κ3) is 5.33. The number of hydrogen-bond acceptors (Lipinski definition) is 4. The smallest absolute Gasteiger partial charge is 0.337 e. The Bertz CT molecular complexity index is 567. The largest absolute Gasteiger partial charge is 0.465 e. The van der Waals surface area contributed by atoms with Gasteiger partial charge in [0, 0.05) is 12.2 Å². The summed E-state index contributed by atoms with van der Waals surface area (Å²) in [6.07, 6.45) is 0. The molecule has 1 aromatic carbocycles. The van der Waals surface area contributed by atoms with Crippen LogP contribution in [0.5, 0.6) is 0 Å². The van der Waals surface area contributed by atoms with E-state index in [2.05, 4.69) is 11.9 Å². The number of carbonyl (C=O) groups excluding carboxylic acids is 2. The normalized spacial score (nSPS) is 10.4. The van der Waals surface area contributed by atoms with Gasteiger partial charge in [0.2, 0.25) is 5.91 Å². The molecular formula is C17H24N2O3. The average Bonchev–Trinajstić information content (AvgIpc) is 2.47. The maximum atomic E-state index is 12.2. The van der Waals surface area contributed by atoms with Gasteiger partial charge in [-0.05, 0) is 38.1 Å². The van der Waals surface area contributed by atoms with E-state index in [0.717, 1.165) is 17.7 Å². The summed E-state index contributed by atoms with van der Waals surface area (Å²) in [6, 6.07) is 5.09. The summed E-state index contributed by atoms with van der Waals surface area (Å²) >= 11 is 0. The first-order valence-electron chi connectivity index (χ1n) is 7.23. The second-order valence-electron chi connectivity index (χ2n) is 5.33. The van der Waals surface area contributed by atoms with Gasteiger partial charge in [-0.3, -0.25) is 9.69 Å². The zero-order chi connectivity index (χ0) is 16.7. The van der Waals surface area contributed by atoms with Gasteiger partial charge in [0.15, 0.2) is 0 Å². The van der Waals surface area contributed by atoms with E-state index in [1.54, 1.807) is 18.2 Å². The lowest BCUT2D eigenvalue weighted by atomic mass is 10.1. The van der Waals surface area contributed by atoms with Gasteiger partial charge in [-0.15, -0.1) is 0 Å². The van der Waals surface area contributed by atoms with Crippen LogP contribution in [0.2, 0.25) is 0 Å². The zero-order valence-corrected chi connectivity index (χ0v) is 13.7.